The Balaban J connectivity index is 1.42. The summed E-state index contributed by atoms with van der Waals surface area (Å²) in [5, 5.41) is 0. The molecule has 1 amide bonds. The first-order valence-corrected chi connectivity index (χ1v) is 12.6. The van der Waals surface area contributed by atoms with Gasteiger partial charge in [-0.05, 0) is 35.2 Å². The fraction of sp³-hybridized carbons (Fsp3) is 0.500. The molecule has 182 valence electrons. The van der Waals surface area contributed by atoms with Crippen LogP contribution in [0.5, 0.6) is 0 Å². The molecule has 4 rings (SSSR count). The Labute approximate surface area is 203 Å². The number of esters is 1. The molecule has 2 aromatic rings. The highest BCUT2D eigenvalue weighted by Gasteiger charge is 2.35. The Hall–Kier alpha value is -2.86. The molecule has 6 nitrogen and oxygen atoms in total. The van der Waals surface area contributed by atoms with E-state index in [1.807, 2.05) is 0 Å². The van der Waals surface area contributed by atoms with Gasteiger partial charge in [-0.1, -0.05) is 56.2 Å². The number of rotatable bonds is 8. The van der Waals surface area contributed by atoms with Gasteiger partial charge in [-0.15, -0.1) is 0 Å². The summed E-state index contributed by atoms with van der Waals surface area (Å²) >= 11 is 0. The fourth-order valence-corrected chi connectivity index (χ4v) is 5.05. The van der Waals surface area contributed by atoms with E-state index >= 15 is 0 Å². The van der Waals surface area contributed by atoms with Crippen molar-refractivity contribution in [2.75, 3.05) is 38.2 Å². The zero-order chi connectivity index (χ0) is 23.9. The summed E-state index contributed by atoms with van der Waals surface area (Å²) in [4.78, 5) is 32.1. The second-order valence-electron chi connectivity index (χ2n) is 9.42. The van der Waals surface area contributed by atoms with Crippen LogP contribution in [0.15, 0.2) is 48.5 Å². The van der Waals surface area contributed by atoms with Crippen LogP contribution in [0.2, 0.25) is 0 Å². The van der Waals surface area contributed by atoms with Gasteiger partial charge in [0.2, 0.25) is 5.91 Å². The van der Waals surface area contributed by atoms with Crippen LogP contribution in [0, 0.1) is 0 Å². The van der Waals surface area contributed by atoms with Crippen LogP contribution in [0.1, 0.15) is 49.3 Å². The minimum absolute atomic E-state index is 0.0504. The predicted molar refractivity (Wildman–Crippen MR) is 135 cm³/mol. The molecule has 0 N–H and O–H groups in total. The standard InChI is InChI=1S/C28H37N3O3/c1-3-4-6-11-27(32)31-21-24-18-25(13-12-23(24)19-26(31)28(33)34-2)30-16-14-29(15-17-30)20-22-9-7-5-8-10-22/h5,7-10,12-13,18,26H,3-4,6,11,14-17,19-21H2,1-2H3/t26-/m0/s1. The Bertz CT molecular complexity index is 970. The summed E-state index contributed by atoms with van der Waals surface area (Å²) in [5.41, 5.74) is 4.84. The lowest BCUT2D eigenvalue weighted by Crippen LogP contribution is -2.49. The molecule has 0 saturated carbocycles. The van der Waals surface area contributed by atoms with Crippen molar-refractivity contribution in [3.8, 4) is 0 Å². The van der Waals surface area contributed by atoms with E-state index in [0.29, 0.717) is 19.4 Å². The van der Waals surface area contributed by atoms with Crippen molar-refractivity contribution in [3.05, 3.63) is 65.2 Å². The summed E-state index contributed by atoms with van der Waals surface area (Å²) in [6, 6.07) is 16.6. The molecule has 6 heteroatoms. The normalized spacial score (nSPS) is 18.5. The second kappa shape index (κ2) is 11.5. The maximum atomic E-state index is 13.0. The van der Waals surface area contributed by atoms with E-state index in [-0.39, 0.29) is 11.9 Å². The number of amides is 1. The molecule has 0 aliphatic carbocycles. The summed E-state index contributed by atoms with van der Waals surface area (Å²) in [5.74, 6) is -0.275. The highest BCUT2D eigenvalue weighted by atomic mass is 16.5. The molecule has 2 aliphatic rings. The van der Waals surface area contributed by atoms with Crippen molar-refractivity contribution >= 4 is 17.6 Å². The third-order valence-corrected chi connectivity index (χ3v) is 7.09. The molecule has 0 aromatic heterocycles. The summed E-state index contributed by atoms with van der Waals surface area (Å²) in [6.45, 7) is 7.61. The Kier molecular flexibility index (Phi) is 8.22. The van der Waals surface area contributed by atoms with Crippen molar-refractivity contribution in [2.24, 2.45) is 0 Å². The first-order valence-electron chi connectivity index (χ1n) is 12.6. The molecule has 1 fully saturated rings. The topological polar surface area (TPSA) is 53.1 Å². The highest BCUT2D eigenvalue weighted by molar-refractivity contribution is 5.85. The number of hydrogen-bond acceptors (Lipinski definition) is 5. The lowest BCUT2D eigenvalue weighted by Gasteiger charge is -2.38. The Morgan fingerprint density at radius 1 is 0.971 bits per heavy atom. The maximum absolute atomic E-state index is 13.0. The average Bonchev–Trinajstić information content (AvgIpc) is 2.88. The summed E-state index contributed by atoms with van der Waals surface area (Å²) in [7, 11) is 1.40. The number of fused-ring (bicyclic) bond motifs is 1. The first kappa shape index (κ1) is 24.3. The smallest absolute Gasteiger partial charge is 0.328 e. The molecule has 0 radical (unpaired) electrons. The SMILES string of the molecule is CCCCCC(=O)N1Cc2cc(N3CCN(Cc4ccccc4)CC3)ccc2C[C@H]1C(=O)OC. The van der Waals surface area contributed by atoms with Crippen molar-refractivity contribution in [3.63, 3.8) is 0 Å². The molecule has 1 saturated heterocycles. The van der Waals surface area contributed by atoms with Gasteiger partial charge in [0.15, 0.2) is 0 Å². The van der Waals surface area contributed by atoms with Gasteiger partial charge >= 0.3 is 5.97 Å². The summed E-state index contributed by atoms with van der Waals surface area (Å²) in [6.07, 6.45) is 3.96. The van der Waals surface area contributed by atoms with E-state index in [4.69, 9.17) is 4.74 Å². The van der Waals surface area contributed by atoms with Gasteiger partial charge in [0, 0.05) is 57.8 Å². The van der Waals surface area contributed by atoms with Crippen LogP contribution in [-0.2, 0) is 33.8 Å². The minimum atomic E-state index is -0.529. The van der Waals surface area contributed by atoms with E-state index in [9.17, 15) is 9.59 Å². The van der Waals surface area contributed by atoms with E-state index < -0.39 is 6.04 Å². The molecule has 0 spiro atoms. The fourth-order valence-electron chi connectivity index (χ4n) is 5.05. The highest BCUT2D eigenvalue weighted by Crippen LogP contribution is 2.29. The lowest BCUT2D eigenvalue weighted by atomic mass is 9.92. The lowest BCUT2D eigenvalue weighted by molar-refractivity contribution is -0.154. The van der Waals surface area contributed by atoms with Gasteiger partial charge in [0.05, 0.1) is 7.11 Å². The van der Waals surface area contributed by atoms with Gasteiger partial charge in [0.1, 0.15) is 6.04 Å². The molecule has 2 heterocycles. The zero-order valence-corrected chi connectivity index (χ0v) is 20.5. The van der Waals surface area contributed by atoms with Gasteiger partial charge in [-0.2, -0.15) is 0 Å². The first-order chi connectivity index (χ1) is 16.6. The molecule has 0 bridgehead atoms. The van der Waals surface area contributed by atoms with E-state index in [1.54, 1.807) is 4.90 Å². The van der Waals surface area contributed by atoms with E-state index in [2.05, 4.69) is 65.3 Å². The average molecular weight is 464 g/mol. The number of unbranched alkanes of at least 4 members (excludes halogenated alkanes) is 2. The molecule has 2 aliphatic heterocycles. The molecular weight excluding hydrogens is 426 g/mol. The number of benzene rings is 2. The number of anilines is 1. The molecule has 0 unspecified atom stereocenters. The van der Waals surface area contributed by atoms with Crippen LogP contribution in [-0.4, -0.2) is 61.0 Å². The number of carbonyl (C=O) groups is 2. The van der Waals surface area contributed by atoms with Crippen LogP contribution < -0.4 is 4.90 Å². The van der Waals surface area contributed by atoms with Gasteiger partial charge < -0.3 is 14.5 Å². The molecular formula is C28H37N3O3. The van der Waals surface area contributed by atoms with E-state index in [1.165, 1.54) is 18.4 Å². The number of nitrogens with zero attached hydrogens (tertiary/aromatic N) is 3. The van der Waals surface area contributed by atoms with Crippen LogP contribution in [0.25, 0.3) is 0 Å². The monoisotopic (exact) mass is 463 g/mol. The number of hydrogen-bond donors (Lipinski definition) is 0. The number of ether oxygens (including phenoxy) is 1. The number of methoxy groups -OCH3 is 1. The quantitative estimate of drug-likeness (QED) is 0.437. The van der Waals surface area contributed by atoms with Crippen molar-refractivity contribution in [1.82, 2.24) is 9.80 Å². The van der Waals surface area contributed by atoms with E-state index in [0.717, 1.165) is 63.1 Å². The predicted octanol–water partition coefficient (Wildman–Crippen LogP) is 4.02. The zero-order valence-electron chi connectivity index (χ0n) is 20.5. The Morgan fingerprint density at radius 3 is 2.44 bits per heavy atom. The molecule has 2 aromatic carbocycles. The number of carbonyl (C=O) groups excluding carboxylic acids is 2. The second-order valence-corrected chi connectivity index (χ2v) is 9.42. The van der Waals surface area contributed by atoms with Crippen molar-refractivity contribution in [1.29, 1.82) is 0 Å². The summed E-state index contributed by atoms with van der Waals surface area (Å²) < 4.78 is 5.04. The molecule has 1 atom stereocenters. The van der Waals surface area contributed by atoms with Crippen LogP contribution in [0.3, 0.4) is 0 Å². The van der Waals surface area contributed by atoms with Gasteiger partial charge in [0.25, 0.3) is 0 Å². The largest absolute Gasteiger partial charge is 0.467 e. The van der Waals surface area contributed by atoms with Crippen molar-refractivity contribution < 1.29 is 14.3 Å². The van der Waals surface area contributed by atoms with Crippen LogP contribution in [0.4, 0.5) is 5.69 Å². The molecule has 34 heavy (non-hydrogen) atoms. The van der Waals surface area contributed by atoms with Gasteiger partial charge in [-0.3, -0.25) is 9.69 Å². The number of piperazine rings is 1. The Morgan fingerprint density at radius 2 is 1.74 bits per heavy atom. The van der Waals surface area contributed by atoms with Gasteiger partial charge in [-0.25, -0.2) is 4.79 Å². The van der Waals surface area contributed by atoms with Crippen LogP contribution >= 0.6 is 0 Å². The third kappa shape index (κ3) is 5.79. The van der Waals surface area contributed by atoms with Crippen molar-refractivity contribution in [2.45, 2.75) is 58.2 Å². The maximum Gasteiger partial charge on any atom is 0.328 e. The minimum Gasteiger partial charge on any atom is -0.467 e. The third-order valence-electron chi connectivity index (χ3n) is 7.09.